The van der Waals surface area contributed by atoms with Crippen molar-refractivity contribution < 1.29 is 0 Å². The topological polar surface area (TPSA) is 56.7 Å². The molecule has 0 saturated carbocycles. The first-order valence-electron chi connectivity index (χ1n) is 4.50. The molecule has 0 aliphatic carbocycles. The van der Waals surface area contributed by atoms with E-state index in [1.807, 2.05) is 20.0 Å². The largest absolute Gasteiger partial charge is 0.396 e. The Bertz CT molecular complexity index is 464. The molecule has 0 spiro atoms. The van der Waals surface area contributed by atoms with Gasteiger partial charge in [0.25, 0.3) is 0 Å². The number of nitrogen functional groups attached to an aromatic ring is 1. The first-order valence-corrected chi connectivity index (χ1v) is 4.88. The quantitative estimate of drug-likeness (QED) is 0.752. The number of anilines is 1. The van der Waals surface area contributed by atoms with Gasteiger partial charge < -0.3 is 5.73 Å². The molecule has 15 heavy (non-hydrogen) atoms. The zero-order valence-electron chi connectivity index (χ0n) is 8.53. The van der Waals surface area contributed by atoms with Gasteiger partial charge in [-0.25, -0.2) is 4.98 Å². The molecular weight excluding hydrogens is 212 g/mol. The molecule has 2 aromatic rings. The summed E-state index contributed by atoms with van der Waals surface area (Å²) in [5.74, 6) is 0. The summed E-state index contributed by atoms with van der Waals surface area (Å²) in [5.41, 5.74) is 9.12. The predicted octanol–water partition coefficient (Wildman–Crippen LogP) is 2.03. The van der Waals surface area contributed by atoms with Crippen LogP contribution in [0.5, 0.6) is 0 Å². The Hall–Kier alpha value is -1.55. The SMILES string of the molecule is Cc1cc(-c2c(N)cnn2C)cc(Cl)n1. The molecule has 0 aliphatic heterocycles. The van der Waals surface area contributed by atoms with Crippen LogP contribution in [0.4, 0.5) is 5.69 Å². The van der Waals surface area contributed by atoms with Gasteiger partial charge in [-0.15, -0.1) is 0 Å². The molecule has 2 rings (SSSR count). The van der Waals surface area contributed by atoms with Crippen molar-refractivity contribution in [3.63, 3.8) is 0 Å². The Balaban J connectivity index is 2.63. The van der Waals surface area contributed by atoms with Gasteiger partial charge in [0.15, 0.2) is 0 Å². The van der Waals surface area contributed by atoms with Crippen molar-refractivity contribution in [1.82, 2.24) is 14.8 Å². The summed E-state index contributed by atoms with van der Waals surface area (Å²) in [5, 5.41) is 4.54. The van der Waals surface area contributed by atoms with Crippen LogP contribution in [0, 0.1) is 6.92 Å². The molecular formula is C10H11ClN4. The smallest absolute Gasteiger partial charge is 0.130 e. The van der Waals surface area contributed by atoms with Gasteiger partial charge in [-0.05, 0) is 19.1 Å². The third-order valence-corrected chi connectivity index (χ3v) is 2.36. The minimum absolute atomic E-state index is 0.464. The molecule has 0 aliphatic rings. The fourth-order valence-corrected chi connectivity index (χ4v) is 1.82. The molecule has 2 aromatic heterocycles. The lowest BCUT2D eigenvalue weighted by Crippen LogP contribution is -1.97. The van der Waals surface area contributed by atoms with Crippen molar-refractivity contribution >= 4 is 17.3 Å². The lowest BCUT2D eigenvalue weighted by Gasteiger charge is -2.05. The summed E-state index contributed by atoms with van der Waals surface area (Å²) < 4.78 is 1.72. The maximum atomic E-state index is 5.89. The van der Waals surface area contributed by atoms with Crippen LogP contribution in [-0.4, -0.2) is 14.8 Å². The predicted molar refractivity (Wildman–Crippen MR) is 60.6 cm³/mol. The number of halogens is 1. The highest BCUT2D eigenvalue weighted by Crippen LogP contribution is 2.26. The van der Waals surface area contributed by atoms with Crippen molar-refractivity contribution in [1.29, 1.82) is 0 Å². The second kappa shape index (κ2) is 3.55. The number of aromatic nitrogens is 3. The molecule has 0 atom stereocenters. The standard InChI is InChI=1S/C10H11ClN4/c1-6-3-7(4-9(11)14-6)10-8(12)5-13-15(10)2/h3-5H,12H2,1-2H3. The summed E-state index contributed by atoms with van der Waals surface area (Å²) in [6, 6.07) is 3.71. The van der Waals surface area contributed by atoms with Crippen molar-refractivity contribution in [3.8, 4) is 11.3 Å². The number of aryl methyl sites for hydroxylation is 2. The first kappa shape index (κ1) is 9.98. The zero-order chi connectivity index (χ0) is 11.0. The van der Waals surface area contributed by atoms with E-state index in [-0.39, 0.29) is 0 Å². The molecule has 0 saturated heterocycles. The monoisotopic (exact) mass is 222 g/mol. The highest BCUT2D eigenvalue weighted by molar-refractivity contribution is 6.29. The van der Waals surface area contributed by atoms with Gasteiger partial charge in [0.1, 0.15) is 5.15 Å². The average Bonchev–Trinajstić information content (AvgIpc) is 2.44. The third kappa shape index (κ3) is 1.80. The minimum atomic E-state index is 0.464. The van der Waals surface area contributed by atoms with E-state index in [1.165, 1.54) is 0 Å². The number of hydrogen-bond acceptors (Lipinski definition) is 3. The van der Waals surface area contributed by atoms with Crippen LogP contribution in [0.15, 0.2) is 18.3 Å². The molecule has 0 radical (unpaired) electrons. The normalized spacial score (nSPS) is 10.6. The Morgan fingerprint density at radius 2 is 2.13 bits per heavy atom. The van der Waals surface area contributed by atoms with Gasteiger partial charge in [0, 0.05) is 18.3 Å². The molecule has 5 heteroatoms. The number of nitrogens with two attached hydrogens (primary N) is 1. The Labute approximate surface area is 92.7 Å². The van der Waals surface area contributed by atoms with E-state index >= 15 is 0 Å². The summed E-state index contributed by atoms with van der Waals surface area (Å²) in [7, 11) is 1.84. The summed E-state index contributed by atoms with van der Waals surface area (Å²) in [6.45, 7) is 1.89. The molecule has 0 bridgehead atoms. The van der Waals surface area contributed by atoms with E-state index < -0.39 is 0 Å². The molecule has 0 amide bonds. The van der Waals surface area contributed by atoms with E-state index in [2.05, 4.69) is 10.1 Å². The molecule has 78 valence electrons. The molecule has 4 nitrogen and oxygen atoms in total. The average molecular weight is 223 g/mol. The van der Waals surface area contributed by atoms with Crippen LogP contribution in [0.2, 0.25) is 5.15 Å². The molecule has 2 heterocycles. The molecule has 0 aromatic carbocycles. The Morgan fingerprint density at radius 3 is 2.67 bits per heavy atom. The number of nitrogens with zero attached hydrogens (tertiary/aromatic N) is 3. The number of hydrogen-bond donors (Lipinski definition) is 1. The van der Waals surface area contributed by atoms with Gasteiger partial charge in [-0.2, -0.15) is 5.10 Å². The first-order chi connectivity index (χ1) is 7.08. The molecule has 0 unspecified atom stereocenters. The van der Waals surface area contributed by atoms with E-state index in [0.29, 0.717) is 10.8 Å². The Morgan fingerprint density at radius 1 is 1.40 bits per heavy atom. The van der Waals surface area contributed by atoms with Crippen LogP contribution in [0.1, 0.15) is 5.69 Å². The summed E-state index contributed by atoms with van der Waals surface area (Å²) >= 11 is 5.89. The van der Waals surface area contributed by atoms with Crippen molar-refractivity contribution in [3.05, 3.63) is 29.2 Å². The van der Waals surface area contributed by atoms with Gasteiger partial charge in [0.05, 0.1) is 17.6 Å². The van der Waals surface area contributed by atoms with Crippen molar-refractivity contribution in [2.45, 2.75) is 6.92 Å². The summed E-state index contributed by atoms with van der Waals surface area (Å²) in [4.78, 5) is 4.10. The third-order valence-electron chi connectivity index (χ3n) is 2.16. The maximum absolute atomic E-state index is 5.89. The van der Waals surface area contributed by atoms with Gasteiger partial charge >= 0.3 is 0 Å². The van der Waals surface area contributed by atoms with E-state index in [1.54, 1.807) is 16.9 Å². The van der Waals surface area contributed by atoms with Gasteiger partial charge in [0.2, 0.25) is 0 Å². The fourth-order valence-electron chi connectivity index (χ4n) is 1.57. The van der Waals surface area contributed by atoms with Crippen molar-refractivity contribution in [2.24, 2.45) is 7.05 Å². The number of rotatable bonds is 1. The lowest BCUT2D eigenvalue weighted by molar-refractivity contribution is 0.775. The van der Waals surface area contributed by atoms with E-state index in [9.17, 15) is 0 Å². The van der Waals surface area contributed by atoms with Crippen LogP contribution in [0.25, 0.3) is 11.3 Å². The Kier molecular flexibility index (Phi) is 2.36. The zero-order valence-corrected chi connectivity index (χ0v) is 9.28. The van der Waals surface area contributed by atoms with Gasteiger partial charge in [-0.1, -0.05) is 11.6 Å². The van der Waals surface area contributed by atoms with E-state index in [0.717, 1.165) is 17.0 Å². The second-order valence-corrected chi connectivity index (χ2v) is 3.78. The summed E-state index contributed by atoms with van der Waals surface area (Å²) in [6.07, 6.45) is 1.62. The fraction of sp³-hybridized carbons (Fsp3) is 0.200. The van der Waals surface area contributed by atoms with Gasteiger partial charge in [-0.3, -0.25) is 4.68 Å². The second-order valence-electron chi connectivity index (χ2n) is 3.39. The highest BCUT2D eigenvalue weighted by Gasteiger charge is 2.09. The van der Waals surface area contributed by atoms with Crippen LogP contribution in [-0.2, 0) is 7.05 Å². The van der Waals surface area contributed by atoms with Crippen LogP contribution < -0.4 is 5.73 Å². The molecule has 2 N–H and O–H groups in total. The van der Waals surface area contributed by atoms with Crippen LogP contribution in [0.3, 0.4) is 0 Å². The van der Waals surface area contributed by atoms with Crippen LogP contribution >= 0.6 is 11.6 Å². The highest BCUT2D eigenvalue weighted by atomic mass is 35.5. The van der Waals surface area contributed by atoms with Crippen molar-refractivity contribution in [2.75, 3.05) is 5.73 Å². The van der Waals surface area contributed by atoms with E-state index in [4.69, 9.17) is 17.3 Å². The number of pyridine rings is 1. The lowest BCUT2D eigenvalue weighted by atomic mass is 10.1. The maximum Gasteiger partial charge on any atom is 0.130 e. The molecule has 0 fully saturated rings. The minimum Gasteiger partial charge on any atom is -0.396 e.